The first-order chi connectivity index (χ1) is 10.1. The van der Waals surface area contributed by atoms with E-state index in [4.69, 9.17) is 4.42 Å². The second kappa shape index (κ2) is 7.04. The van der Waals surface area contributed by atoms with Crippen molar-refractivity contribution in [3.8, 4) is 0 Å². The average molecular weight is 286 g/mol. The van der Waals surface area contributed by atoms with E-state index in [1.54, 1.807) is 18.3 Å². The Morgan fingerprint density at radius 3 is 2.67 bits per heavy atom. The molecule has 1 N–H and O–H groups in total. The minimum Gasteiger partial charge on any atom is -0.545 e. The van der Waals surface area contributed by atoms with Gasteiger partial charge in [0.15, 0.2) is 11.9 Å². The maximum atomic E-state index is 12.1. The van der Waals surface area contributed by atoms with Crippen LogP contribution in [-0.2, 0) is 22.7 Å². The number of aromatic nitrogens is 1. The quantitative estimate of drug-likeness (QED) is 0.695. The van der Waals surface area contributed by atoms with Gasteiger partial charge in [-0.25, -0.2) is 4.98 Å². The van der Waals surface area contributed by atoms with Gasteiger partial charge in [-0.05, 0) is 18.2 Å². The number of hydrogen-bond donors (Lipinski definition) is 0. The fourth-order valence-electron chi connectivity index (χ4n) is 1.78. The van der Waals surface area contributed by atoms with Crippen LogP contribution in [-0.4, -0.2) is 16.8 Å². The molecule has 2 aromatic heterocycles. The van der Waals surface area contributed by atoms with Gasteiger partial charge in [-0.2, -0.15) is 0 Å². The highest BCUT2D eigenvalue weighted by molar-refractivity contribution is 5.93. The number of H-pyrrole nitrogens is 1. The molecule has 108 valence electrons. The molecule has 0 aliphatic rings. The Morgan fingerprint density at radius 1 is 1.19 bits per heavy atom. The SMILES string of the molecule is O=C([O-])/C=C/C(=O)N(Cc1cccc[nH+]1)Cc1ccco1. The molecule has 0 unspecified atom stereocenters. The molecular weight excluding hydrogens is 272 g/mol. The Morgan fingerprint density at radius 2 is 2.05 bits per heavy atom. The van der Waals surface area contributed by atoms with E-state index in [9.17, 15) is 14.7 Å². The van der Waals surface area contributed by atoms with Crippen molar-refractivity contribution in [3.63, 3.8) is 0 Å². The average Bonchev–Trinajstić information content (AvgIpc) is 2.98. The monoisotopic (exact) mass is 286 g/mol. The van der Waals surface area contributed by atoms with Crippen LogP contribution in [0, 0.1) is 0 Å². The standard InChI is InChI=1S/C15H14N2O4/c18-14(6-7-15(19)20)17(11-13-5-3-9-21-13)10-12-4-1-2-8-16-12/h1-9H,10-11H2,(H,19,20)/b7-6+. The summed E-state index contributed by atoms with van der Waals surface area (Å²) >= 11 is 0. The third kappa shape index (κ3) is 4.61. The smallest absolute Gasteiger partial charge is 0.247 e. The molecule has 1 amide bonds. The number of nitrogens with zero attached hydrogens (tertiary/aromatic N) is 1. The number of rotatable bonds is 6. The van der Waals surface area contributed by atoms with Gasteiger partial charge in [0, 0.05) is 18.2 Å². The van der Waals surface area contributed by atoms with Crippen molar-refractivity contribution < 1.29 is 24.1 Å². The van der Waals surface area contributed by atoms with Crippen LogP contribution < -0.4 is 10.1 Å². The first-order valence-corrected chi connectivity index (χ1v) is 6.31. The molecule has 6 heteroatoms. The van der Waals surface area contributed by atoms with E-state index in [1.165, 1.54) is 11.2 Å². The molecular formula is C15H14N2O4. The van der Waals surface area contributed by atoms with E-state index in [2.05, 4.69) is 4.98 Å². The summed E-state index contributed by atoms with van der Waals surface area (Å²) < 4.78 is 5.22. The minimum absolute atomic E-state index is 0.242. The lowest BCUT2D eigenvalue weighted by Crippen LogP contribution is -2.31. The number of hydrogen-bond acceptors (Lipinski definition) is 4. The number of carbonyl (C=O) groups excluding carboxylic acids is 2. The topological polar surface area (TPSA) is 87.7 Å². The van der Waals surface area contributed by atoms with Gasteiger partial charge in [0.1, 0.15) is 12.3 Å². The number of nitrogens with one attached hydrogen (secondary N) is 1. The molecule has 21 heavy (non-hydrogen) atoms. The molecule has 2 heterocycles. The second-order valence-electron chi connectivity index (χ2n) is 4.31. The summed E-state index contributed by atoms with van der Waals surface area (Å²) in [5, 5.41) is 10.4. The highest BCUT2D eigenvalue weighted by Crippen LogP contribution is 2.09. The zero-order valence-electron chi connectivity index (χ0n) is 11.2. The number of furan rings is 1. The lowest BCUT2D eigenvalue weighted by Gasteiger charge is -2.18. The van der Waals surface area contributed by atoms with Gasteiger partial charge in [0.25, 0.3) is 0 Å². The fourth-order valence-corrected chi connectivity index (χ4v) is 1.78. The molecule has 0 aliphatic carbocycles. The van der Waals surface area contributed by atoms with Crippen molar-refractivity contribution in [2.24, 2.45) is 0 Å². The Bertz CT molecular complexity index is 620. The number of carboxylic acid groups (broad SMARTS) is 1. The van der Waals surface area contributed by atoms with Crippen LogP contribution in [0.5, 0.6) is 0 Å². The van der Waals surface area contributed by atoms with E-state index in [-0.39, 0.29) is 6.54 Å². The van der Waals surface area contributed by atoms with Gasteiger partial charge < -0.3 is 19.2 Å². The van der Waals surface area contributed by atoms with E-state index in [0.29, 0.717) is 18.4 Å². The summed E-state index contributed by atoms with van der Waals surface area (Å²) in [6, 6.07) is 8.99. The maximum Gasteiger partial charge on any atom is 0.247 e. The molecule has 0 fully saturated rings. The van der Waals surface area contributed by atoms with Gasteiger partial charge in [-0.1, -0.05) is 6.07 Å². The van der Waals surface area contributed by atoms with Crippen LogP contribution in [0.4, 0.5) is 0 Å². The van der Waals surface area contributed by atoms with E-state index in [1.807, 2.05) is 18.2 Å². The molecule has 0 aliphatic heterocycles. The van der Waals surface area contributed by atoms with Crippen LogP contribution in [0.15, 0.2) is 59.4 Å². The first kappa shape index (κ1) is 14.5. The predicted octanol–water partition coefficient (Wildman–Crippen LogP) is -0.0714. The van der Waals surface area contributed by atoms with Gasteiger partial charge >= 0.3 is 0 Å². The van der Waals surface area contributed by atoms with Crippen molar-refractivity contribution in [1.29, 1.82) is 0 Å². The fraction of sp³-hybridized carbons (Fsp3) is 0.133. The van der Waals surface area contributed by atoms with Gasteiger partial charge in [-0.15, -0.1) is 0 Å². The van der Waals surface area contributed by atoms with Crippen LogP contribution in [0.2, 0.25) is 0 Å². The van der Waals surface area contributed by atoms with Crippen LogP contribution in [0.1, 0.15) is 11.5 Å². The van der Waals surface area contributed by atoms with Crippen molar-refractivity contribution >= 4 is 11.9 Å². The maximum absolute atomic E-state index is 12.1. The van der Waals surface area contributed by atoms with Gasteiger partial charge in [0.2, 0.25) is 5.91 Å². The zero-order chi connectivity index (χ0) is 15.1. The predicted molar refractivity (Wildman–Crippen MR) is 70.1 cm³/mol. The Hall–Kier alpha value is -2.89. The molecule has 0 radical (unpaired) electrons. The van der Waals surface area contributed by atoms with E-state index in [0.717, 1.165) is 11.8 Å². The van der Waals surface area contributed by atoms with Crippen molar-refractivity contribution in [2.45, 2.75) is 13.1 Å². The molecule has 0 saturated heterocycles. The number of aliphatic carboxylic acids is 1. The van der Waals surface area contributed by atoms with Crippen LogP contribution in [0.3, 0.4) is 0 Å². The summed E-state index contributed by atoms with van der Waals surface area (Å²) in [7, 11) is 0. The second-order valence-corrected chi connectivity index (χ2v) is 4.31. The Labute approximate surface area is 121 Å². The minimum atomic E-state index is -1.41. The largest absolute Gasteiger partial charge is 0.545 e. The highest BCUT2D eigenvalue weighted by atomic mass is 16.4. The number of pyridine rings is 1. The van der Waals surface area contributed by atoms with Crippen molar-refractivity contribution in [3.05, 3.63) is 66.4 Å². The number of carbonyl (C=O) groups is 2. The van der Waals surface area contributed by atoms with Crippen LogP contribution in [0.25, 0.3) is 0 Å². The lowest BCUT2D eigenvalue weighted by atomic mass is 10.3. The number of aromatic amines is 1. The molecule has 2 rings (SSSR count). The summed E-state index contributed by atoms with van der Waals surface area (Å²) in [6.45, 7) is 0.545. The molecule has 0 aromatic carbocycles. The summed E-state index contributed by atoms with van der Waals surface area (Å²) in [6.07, 6.45) is 4.96. The Balaban J connectivity index is 2.13. The summed E-state index contributed by atoms with van der Waals surface area (Å²) in [4.78, 5) is 27.0. The van der Waals surface area contributed by atoms with E-state index < -0.39 is 11.9 Å². The zero-order valence-corrected chi connectivity index (χ0v) is 11.2. The molecule has 0 spiro atoms. The first-order valence-electron chi connectivity index (χ1n) is 6.31. The Kier molecular flexibility index (Phi) is 4.87. The lowest BCUT2D eigenvalue weighted by molar-refractivity contribution is -0.392. The summed E-state index contributed by atoms with van der Waals surface area (Å²) in [5.41, 5.74) is 0.819. The number of carboxylic acids is 1. The molecule has 0 bridgehead atoms. The van der Waals surface area contributed by atoms with Crippen LogP contribution >= 0.6 is 0 Å². The van der Waals surface area contributed by atoms with Crippen molar-refractivity contribution in [2.75, 3.05) is 0 Å². The van der Waals surface area contributed by atoms with Gasteiger partial charge in [0.05, 0.1) is 18.8 Å². The normalized spacial score (nSPS) is 10.7. The van der Waals surface area contributed by atoms with Crippen molar-refractivity contribution in [1.82, 2.24) is 4.90 Å². The van der Waals surface area contributed by atoms with Gasteiger partial charge in [-0.3, -0.25) is 4.79 Å². The van der Waals surface area contributed by atoms with E-state index >= 15 is 0 Å². The number of amides is 1. The third-order valence-electron chi connectivity index (χ3n) is 2.74. The molecule has 0 saturated carbocycles. The summed E-state index contributed by atoms with van der Waals surface area (Å²) in [5.74, 6) is -1.23. The molecule has 0 atom stereocenters. The third-order valence-corrected chi connectivity index (χ3v) is 2.74. The highest BCUT2D eigenvalue weighted by Gasteiger charge is 2.16. The molecule has 2 aromatic rings. The molecule has 6 nitrogen and oxygen atoms in total.